The fourth-order valence-corrected chi connectivity index (χ4v) is 1.73. The average molecular weight is 179 g/mol. The van der Waals surface area contributed by atoms with Crippen molar-refractivity contribution in [1.29, 1.82) is 0 Å². The molecule has 0 rings (SSSR count). The molecule has 2 heteroatoms. The van der Waals surface area contributed by atoms with Crippen molar-refractivity contribution in [3.05, 3.63) is 10.7 Å². The van der Waals surface area contributed by atoms with Gasteiger partial charge in [0.2, 0.25) is 0 Å². The molecule has 21 valence electrons. The molecule has 0 aliphatic heterocycles. The van der Waals surface area contributed by atoms with E-state index in [0.717, 1.165) is 0 Å². The molecule has 0 unspecified atom stereocenters. The van der Waals surface area contributed by atoms with Crippen molar-refractivity contribution in [2.45, 2.75) is 0 Å². The maximum absolute atomic E-state index is 2.08. The van der Waals surface area contributed by atoms with E-state index in [1.54, 1.807) is 36.7 Å². The molecule has 0 N–H and O–H groups in total. The van der Waals surface area contributed by atoms with Gasteiger partial charge >= 0.3 is 52.0 Å². The molecule has 0 atom stereocenters. The Bertz CT molecular complexity index is 46.9. The summed E-state index contributed by atoms with van der Waals surface area (Å²) in [7, 11) is 0. The summed E-state index contributed by atoms with van der Waals surface area (Å²) in [5.41, 5.74) is 0. The van der Waals surface area contributed by atoms with E-state index in [1.807, 2.05) is 0 Å². The first-order chi connectivity index (χ1) is 2.41. The summed E-state index contributed by atoms with van der Waals surface area (Å²) in [4.78, 5) is 0. The SMILES string of the molecule is [Ga]/[CH]=C\[CH]=[Ga]. The third kappa shape index (κ3) is 4.88. The van der Waals surface area contributed by atoms with Gasteiger partial charge in [-0.05, 0) is 0 Å². The van der Waals surface area contributed by atoms with Gasteiger partial charge in [-0.3, -0.25) is 0 Å². The Morgan fingerprint density at radius 3 is 2.00 bits per heavy atom. The van der Waals surface area contributed by atoms with Crippen LogP contribution in [0.1, 0.15) is 0 Å². The molecule has 0 saturated carbocycles. The van der Waals surface area contributed by atoms with Gasteiger partial charge in [0.25, 0.3) is 0 Å². The molecular weight excluding hydrogens is 175 g/mol. The van der Waals surface area contributed by atoms with Crippen LogP contribution in [0.5, 0.6) is 0 Å². The monoisotopic (exact) mass is 177 g/mol. The van der Waals surface area contributed by atoms with Crippen molar-refractivity contribution in [2.75, 3.05) is 0 Å². The van der Waals surface area contributed by atoms with Crippen molar-refractivity contribution >= 4 is 41.3 Å². The quantitative estimate of drug-likeness (QED) is 0.481. The normalized spacial score (nSPS) is 8.60. The van der Waals surface area contributed by atoms with Crippen molar-refractivity contribution < 1.29 is 0 Å². The van der Waals surface area contributed by atoms with E-state index in [-0.39, 0.29) is 0 Å². The molecule has 0 aromatic heterocycles. The van der Waals surface area contributed by atoms with Gasteiger partial charge in [-0.1, -0.05) is 0 Å². The molecule has 0 nitrogen and oxygen atoms in total. The van der Waals surface area contributed by atoms with Gasteiger partial charge in [-0.15, -0.1) is 0 Å². The van der Waals surface area contributed by atoms with Crippen LogP contribution in [0.2, 0.25) is 0 Å². The van der Waals surface area contributed by atoms with Gasteiger partial charge in [0.1, 0.15) is 0 Å². The Morgan fingerprint density at radius 2 is 2.00 bits per heavy atom. The zero-order chi connectivity index (χ0) is 4.12. The predicted octanol–water partition coefficient (Wildman–Crippen LogP) is -0.361. The third-order valence-corrected chi connectivity index (χ3v) is 1.15. The van der Waals surface area contributed by atoms with Gasteiger partial charge in [-0.2, -0.15) is 0 Å². The van der Waals surface area contributed by atoms with Gasteiger partial charge in [0, 0.05) is 0 Å². The molecule has 0 aromatic carbocycles. The van der Waals surface area contributed by atoms with Gasteiger partial charge in [0.15, 0.2) is 0 Å². The zero-order valence-corrected chi connectivity index (χ0v) is 7.73. The first-order valence-corrected chi connectivity index (χ1v) is 4.13. The first kappa shape index (κ1) is 5.88. The van der Waals surface area contributed by atoms with Gasteiger partial charge in [-0.25, -0.2) is 0 Å². The molecule has 0 bridgehead atoms. The van der Waals surface area contributed by atoms with Crippen molar-refractivity contribution in [2.24, 2.45) is 0 Å². The van der Waals surface area contributed by atoms with E-state index >= 15 is 0 Å². The van der Waals surface area contributed by atoms with Gasteiger partial charge < -0.3 is 0 Å². The molecule has 0 fully saturated rings. The van der Waals surface area contributed by atoms with Crippen LogP contribution < -0.4 is 0 Å². The number of rotatable bonds is 1. The van der Waals surface area contributed by atoms with E-state index in [2.05, 4.69) is 15.3 Å². The minimum absolute atomic E-state index is 1.64. The van der Waals surface area contributed by atoms with Crippen LogP contribution in [0.3, 0.4) is 0 Å². The Balaban J connectivity index is 2.92. The van der Waals surface area contributed by atoms with E-state index < -0.39 is 0 Å². The molecule has 0 saturated heterocycles. The Hall–Kier alpha value is 0.883. The Morgan fingerprint density at radius 1 is 1.40 bits per heavy atom. The Labute approximate surface area is 52.0 Å². The van der Waals surface area contributed by atoms with Crippen LogP contribution in [0.15, 0.2) is 10.7 Å². The van der Waals surface area contributed by atoms with Gasteiger partial charge in [0.05, 0.1) is 0 Å². The summed E-state index contributed by atoms with van der Waals surface area (Å²) in [5.74, 6) is 0. The summed E-state index contributed by atoms with van der Waals surface area (Å²) in [6.45, 7) is 0. The first-order valence-electron chi connectivity index (χ1n) is 1.33. The van der Waals surface area contributed by atoms with Crippen LogP contribution >= 0.6 is 0 Å². The number of hydrogen-bond donors (Lipinski definition) is 0. The molecule has 0 aromatic rings. The fourth-order valence-electron chi connectivity index (χ4n) is 0.0642. The molecule has 0 amide bonds. The fraction of sp³-hybridized carbons (Fsp3) is 0. The maximum atomic E-state index is 2.08. The second-order valence-electron chi connectivity index (χ2n) is 0.577. The number of hydrogen-bond acceptors (Lipinski definition) is 0. The van der Waals surface area contributed by atoms with Crippen LogP contribution in [-0.2, 0) is 0 Å². The van der Waals surface area contributed by atoms with E-state index in [0.29, 0.717) is 0 Å². The van der Waals surface area contributed by atoms with Crippen LogP contribution in [0, 0.1) is 0 Å². The molecule has 5 heavy (non-hydrogen) atoms. The number of allylic oxidation sites excluding steroid dienone is 1. The standard InChI is InChI=1S/C3H3.2Ga/c1-3-2;;/h1-3H;;. The van der Waals surface area contributed by atoms with Crippen LogP contribution in [0.25, 0.3) is 0 Å². The molecule has 0 aliphatic carbocycles. The second kappa shape index (κ2) is 4.88. The topological polar surface area (TPSA) is 0 Å². The molecule has 0 aliphatic rings. The van der Waals surface area contributed by atoms with E-state index in [4.69, 9.17) is 0 Å². The van der Waals surface area contributed by atoms with Crippen molar-refractivity contribution in [1.82, 2.24) is 0 Å². The van der Waals surface area contributed by atoms with E-state index in [9.17, 15) is 0 Å². The third-order valence-electron chi connectivity index (χ3n) is 0.222. The van der Waals surface area contributed by atoms with Crippen LogP contribution in [-0.4, -0.2) is 41.3 Å². The summed E-state index contributed by atoms with van der Waals surface area (Å²) < 4.78 is 4.16. The minimum atomic E-state index is 1.64. The summed E-state index contributed by atoms with van der Waals surface area (Å²) in [6.07, 6.45) is 2.06. The predicted molar refractivity (Wildman–Crippen MR) is 26.7 cm³/mol. The van der Waals surface area contributed by atoms with E-state index in [1.165, 1.54) is 0 Å². The summed E-state index contributed by atoms with van der Waals surface area (Å²) in [6, 6.07) is 0. The molecule has 0 heterocycles. The zero-order valence-electron chi connectivity index (χ0n) is 2.89. The summed E-state index contributed by atoms with van der Waals surface area (Å²) >= 11 is 3.29. The molecular formula is C3H3Ga2. The summed E-state index contributed by atoms with van der Waals surface area (Å²) in [5, 5.41) is 0. The molecule has 0 spiro atoms. The van der Waals surface area contributed by atoms with Crippen LogP contribution in [0.4, 0.5) is 0 Å². The van der Waals surface area contributed by atoms with Crippen molar-refractivity contribution in [3.8, 4) is 0 Å². The Kier molecular flexibility index (Phi) is 5.74. The van der Waals surface area contributed by atoms with Crippen molar-refractivity contribution in [3.63, 3.8) is 0 Å². The average Bonchev–Trinajstić information content (AvgIpc) is 1.41. The second-order valence-corrected chi connectivity index (χ2v) is 2.19. The molecule has 3 radical (unpaired) electrons.